The maximum absolute atomic E-state index is 6.10. The first-order valence-electron chi connectivity index (χ1n) is 6.26. The minimum atomic E-state index is 0.356. The topological polar surface area (TPSA) is 38.5 Å². The fourth-order valence-corrected chi connectivity index (χ4v) is 3.00. The van der Waals surface area contributed by atoms with Crippen molar-refractivity contribution in [1.82, 2.24) is 4.90 Å². The van der Waals surface area contributed by atoms with Crippen LogP contribution in [-0.2, 0) is 4.74 Å². The quantitative estimate of drug-likeness (QED) is 0.758. The van der Waals surface area contributed by atoms with Crippen LogP contribution in [-0.4, -0.2) is 43.3 Å². The van der Waals surface area contributed by atoms with Crippen molar-refractivity contribution in [1.29, 1.82) is 0 Å². The Hall–Kier alpha value is -0.120. The Kier molecular flexibility index (Phi) is 3.65. The van der Waals surface area contributed by atoms with Crippen molar-refractivity contribution in [2.45, 2.75) is 38.8 Å². The summed E-state index contributed by atoms with van der Waals surface area (Å²) < 4.78 is 5.58. The predicted octanol–water partition coefficient (Wildman–Crippen LogP) is 1.08. The summed E-state index contributed by atoms with van der Waals surface area (Å²) in [7, 11) is 0. The molecule has 2 rings (SSSR count). The van der Waals surface area contributed by atoms with Crippen LogP contribution in [0.15, 0.2) is 0 Å². The SMILES string of the molecule is CC(C)OCCN1CC2CCC(N)C2C1. The molecule has 0 spiro atoms. The van der Waals surface area contributed by atoms with Crippen LogP contribution in [0.3, 0.4) is 0 Å². The highest BCUT2D eigenvalue weighted by Gasteiger charge is 2.40. The van der Waals surface area contributed by atoms with Gasteiger partial charge in [0.05, 0.1) is 12.7 Å². The van der Waals surface area contributed by atoms with Crippen LogP contribution < -0.4 is 5.73 Å². The Balaban J connectivity index is 1.69. The number of nitrogens with two attached hydrogens (primary N) is 1. The van der Waals surface area contributed by atoms with Crippen LogP contribution in [0.4, 0.5) is 0 Å². The number of likely N-dealkylation sites (tertiary alicyclic amines) is 1. The summed E-state index contributed by atoms with van der Waals surface area (Å²) >= 11 is 0. The van der Waals surface area contributed by atoms with Gasteiger partial charge in [0, 0.05) is 25.7 Å². The van der Waals surface area contributed by atoms with E-state index in [1.54, 1.807) is 0 Å². The number of nitrogens with zero attached hydrogens (tertiary/aromatic N) is 1. The highest BCUT2D eigenvalue weighted by atomic mass is 16.5. The summed E-state index contributed by atoms with van der Waals surface area (Å²) in [6.07, 6.45) is 2.94. The van der Waals surface area contributed by atoms with Crippen molar-refractivity contribution < 1.29 is 4.74 Å². The molecule has 0 aromatic carbocycles. The van der Waals surface area contributed by atoms with Crippen molar-refractivity contribution in [3.8, 4) is 0 Å². The molecule has 2 N–H and O–H groups in total. The van der Waals surface area contributed by atoms with Gasteiger partial charge < -0.3 is 15.4 Å². The Labute approximate surface area is 93.0 Å². The Morgan fingerprint density at radius 3 is 2.80 bits per heavy atom. The van der Waals surface area contributed by atoms with Crippen LogP contribution in [0.25, 0.3) is 0 Å². The van der Waals surface area contributed by atoms with Crippen molar-refractivity contribution in [3.63, 3.8) is 0 Å². The van der Waals surface area contributed by atoms with E-state index in [1.165, 1.54) is 25.9 Å². The Morgan fingerprint density at radius 1 is 1.33 bits per heavy atom. The maximum Gasteiger partial charge on any atom is 0.0596 e. The molecular weight excluding hydrogens is 188 g/mol. The van der Waals surface area contributed by atoms with Gasteiger partial charge in [0.1, 0.15) is 0 Å². The number of ether oxygens (including phenoxy) is 1. The lowest BCUT2D eigenvalue weighted by Crippen LogP contribution is -2.32. The molecule has 3 atom stereocenters. The lowest BCUT2D eigenvalue weighted by molar-refractivity contribution is 0.0620. The van der Waals surface area contributed by atoms with Crippen LogP contribution in [0.1, 0.15) is 26.7 Å². The summed E-state index contributed by atoms with van der Waals surface area (Å²) in [5.41, 5.74) is 6.10. The van der Waals surface area contributed by atoms with Gasteiger partial charge in [-0.25, -0.2) is 0 Å². The first kappa shape index (κ1) is 11.4. The van der Waals surface area contributed by atoms with Gasteiger partial charge in [0.15, 0.2) is 0 Å². The largest absolute Gasteiger partial charge is 0.377 e. The van der Waals surface area contributed by atoms with Gasteiger partial charge in [0.25, 0.3) is 0 Å². The van der Waals surface area contributed by atoms with Gasteiger partial charge in [-0.3, -0.25) is 0 Å². The number of hydrogen-bond acceptors (Lipinski definition) is 3. The molecule has 1 saturated carbocycles. The number of hydrogen-bond donors (Lipinski definition) is 1. The summed E-state index contributed by atoms with van der Waals surface area (Å²) in [6.45, 7) is 8.58. The Bertz CT molecular complexity index is 208. The minimum absolute atomic E-state index is 0.356. The average Bonchev–Trinajstić information content (AvgIpc) is 2.69. The van der Waals surface area contributed by atoms with Crippen molar-refractivity contribution >= 4 is 0 Å². The van der Waals surface area contributed by atoms with E-state index in [4.69, 9.17) is 10.5 Å². The zero-order chi connectivity index (χ0) is 10.8. The molecule has 0 amide bonds. The molecular formula is C12H24N2O. The van der Waals surface area contributed by atoms with Crippen LogP contribution in [0.2, 0.25) is 0 Å². The molecule has 1 heterocycles. The van der Waals surface area contributed by atoms with Crippen molar-refractivity contribution in [3.05, 3.63) is 0 Å². The molecule has 3 unspecified atom stereocenters. The molecule has 0 radical (unpaired) electrons. The molecule has 1 aliphatic heterocycles. The highest BCUT2D eigenvalue weighted by molar-refractivity contribution is 4.95. The molecule has 0 aromatic rings. The monoisotopic (exact) mass is 212 g/mol. The van der Waals surface area contributed by atoms with Crippen LogP contribution in [0, 0.1) is 11.8 Å². The predicted molar refractivity (Wildman–Crippen MR) is 61.7 cm³/mol. The second-order valence-electron chi connectivity index (χ2n) is 5.34. The normalized spacial score (nSPS) is 36.4. The van der Waals surface area contributed by atoms with E-state index in [0.717, 1.165) is 25.0 Å². The fraction of sp³-hybridized carbons (Fsp3) is 1.00. The molecule has 1 aliphatic carbocycles. The van der Waals surface area contributed by atoms with Crippen LogP contribution >= 0.6 is 0 Å². The molecule has 0 aromatic heterocycles. The summed E-state index contributed by atoms with van der Waals surface area (Å²) in [5, 5.41) is 0. The zero-order valence-corrected chi connectivity index (χ0v) is 9.98. The molecule has 3 heteroatoms. The standard InChI is InChI=1S/C12H24N2O/c1-9(2)15-6-5-14-7-10-3-4-12(13)11(10)8-14/h9-12H,3-8,13H2,1-2H3. The Morgan fingerprint density at radius 2 is 2.13 bits per heavy atom. The van der Waals surface area contributed by atoms with Crippen molar-refractivity contribution in [2.24, 2.45) is 17.6 Å². The third-order valence-electron chi connectivity index (χ3n) is 3.85. The lowest BCUT2D eigenvalue weighted by atomic mass is 9.98. The third kappa shape index (κ3) is 2.71. The van der Waals surface area contributed by atoms with Gasteiger partial charge in [-0.05, 0) is 38.5 Å². The number of rotatable bonds is 4. The summed E-state index contributed by atoms with van der Waals surface area (Å²) in [5.74, 6) is 1.64. The second kappa shape index (κ2) is 4.81. The van der Waals surface area contributed by atoms with Crippen molar-refractivity contribution in [2.75, 3.05) is 26.2 Å². The van der Waals surface area contributed by atoms with E-state index in [0.29, 0.717) is 12.1 Å². The van der Waals surface area contributed by atoms with E-state index in [2.05, 4.69) is 18.7 Å². The van der Waals surface area contributed by atoms with E-state index >= 15 is 0 Å². The molecule has 15 heavy (non-hydrogen) atoms. The highest BCUT2D eigenvalue weighted by Crippen LogP contribution is 2.36. The number of fused-ring (bicyclic) bond motifs is 1. The fourth-order valence-electron chi connectivity index (χ4n) is 3.00. The maximum atomic E-state index is 6.10. The minimum Gasteiger partial charge on any atom is -0.377 e. The molecule has 1 saturated heterocycles. The van der Waals surface area contributed by atoms with E-state index < -0.39 is 0 Å². The van der Waals surface area contributed by atoms with Gasteiger partial charge in [-0.2, -0.15) is 0 Å². The molecule has 2 fully saturated rings. The van der Waals surface area contributed by atoms with E-state index in [9.17, 15) is 0 Å². The molecule has 0 bridgehead atoms. The van der Waals surface area contributed by atoms with Gasteiger partial charge >= 0.3 is 0 Å². The molecule has 2 aliphatic rings. The lowest BCUT2D eigenvalue weighted by Gasteiger charge is -2.18. The molecule has 88 valence electrons. The van der Waals surface area contributed by atoms with Gasteiger partial charge in [0.2, 0.25) is 0 Å². The summed E-state index contributed by atoms with van der Waals surface area (Å²) in [4.78, 5) is 2.52. The zero-order valence-electron chi connectivity index (χ0n) is 9.98. The van der Waals surface area contributed by atoms with E-state index in [-0.39, 0.29) is 0 Å². The second-order valence-corrected chi connectivity index (χ2v) is 5.34. The summed E-state index contributed by atoms with van der Waals surface area (Å²) in [6, 6.07) is 0.464. The van der Waals surface area contributed by atoms with E-state index in [1.807, 2.05) is 0 Å². The van der Waals surface area contributed by atoms with Gasteiger partial charge in [-0.1, -0.05) is 0 Å². The van der Waals surface area contributed by atoms with Gasteiger partial charge in [-0.15, -0.1) is 0 Å². The first-order chi connectivity index (χ1) is 7.16. The smallest absolute Gasteiger partial charge is 0.0596 e. The third-order valence-corrected chi connectivity index (χ3v) is 3.85. The average molecular weight is 212 g/mol. The van der Waals surface area contributed by atoms with Crippen LogP contribution in [0.5, 0.6) is 0 Å². The first-order valence-corrected chi connectivity index (χ1v) is 6.26. The molecule has 3 nitrogen and oxygen atoms in total.